The summed E-state index contributed by atoms with van der Waals surface area (Å²) in [6.07, 6.45) is 2.16. The molecule has 0 spiro atoms. The first-order valence-electron chi connectivity index (χ1n) is 10.5. The van der Waals surface area contributed by atoms with Crippen molar-refractivity contribution in [3.8, 4) is 0 Å². The minimum absolute atomic E-state index is 0.0210. The molecule has 0 radical (unpaired) electrons. The minimum Gasteiger partial charge on any atom is -0.348 e. The van der Waals surface area contributed by atoms with Crippen LogP contribution in [-0.4, -0.2) is 35.7 Å². The third kappa shape index (κ3) is 5.47. The van der Waals surface area contributed by atoms with E-state index in [1.165, 1.54) is 0 Å². The molecule has 158 valence electrons. The fourth-order valence-corrected chi connectivity index (χ4v) is 3.52. The number of para-hydroxylation sites is 1. The van der Waals surface area contributed by atoms with E-state index in [-0.39, 0.29) is 24.1 Å². The van der Waals surface area contributed by atoms with Crippen LogP contribution in [0.1, 0.15) is 47.7 Å². The monoisotopic (exact) mass is 407 g/mol. The van der Waals surface area contributed by atoms with Gasteiger partial charge in [0.2, 0.25) is 11.8 Å². The molecule has 1 heterocycles. The lowest BCUT2D eigenvalue weighted by atomic mass is 10.1. The summed E-state index contributed by atoms with van der Waals surface area (Å²) in [6, 6.07) is 14.9. The van der Waals surface area contributed by atoms with E-state index in [0.29, 0.717) is 30.9 Å². The van der Waals surface area contributed by atoms with Gasteiger partial charge in [-0.05, 0) is 31.0 Å². The number of hydrogen-bond donors (Lipinski definition) is 2. The Hall–Kier alpha value is -3.15. The van der Waals surface area contributed by atoms with Crippen LogP contribution in [0.25, 0.3) is 0 Å². The molecule has 1 saturated heterocycles. The van der Waals surface area contributed by atoms with Crippen molar-refractivity contribution in [2.24, 2.45) is 5.92 Å². The highest BCUT2D eigenvalue weighted by Gasteiger charge is 2.34. The number of carbonyl (C=O) groups is 3. The molecule has 1 atom stereocenters. The summed E-state index contributed by atoms with van der Waals surface area (Å²) in [5, 5.41) is 5.76. The molecular weight excluding hydrogens is 378 g/mol. The van der Waals surface area contributed by atoms with Gasteiger partial charge in [-0.2, -0.15) is 0 Å². The molecule has 0 aliphatic carbocycles. The van der Waals surface area contributed by atoms with Crippen LogP contribution in [0.3, 0.4) is 0 Å². The summed E-state index contributed by atoms with van der Waals surface area (Å²) in [5.41, 5.74) is 3.04. The molecule has 3 amide bonds. The summed E-state index contributed by atoms with van der Waals surface area (Å²) in [6.45, 7) is 5.63. The molecule has 0 bridgehead atoms. The summed E-state index contributed by atoms with van der Waals surface area (Å²) in [5.74, 6) is -0.842. The lowest BCUT2D eigenvalue weighted by molar-refractivity contribution is -0.128. The molecule has 6 nitrogen and oxygen atoms in total. The average Bonchev–Trinajstić information content (AvgIpc) is 3.12. The number of amides is 3. The Balaban J connectivity index is 1.62. The van der Waals surface area contributed by atoms with E-state index in [9.17, 15) is 14.4 Å². The van der Waals surface area contributed by atoms with Crippen LogP contribution in [0.4, 0.5) is 5.69 Å². The lowest BCUT2D eigenvalue weighted by Crippen LogP contribution is -2.30. The van der Waals surface area contributed by atoms with Crippen LogP contribution in [-0.2, 0) is 16.1 Å². The Morgan fingerprint density at radius 1 is 1.10 bits per heavy atom. The molecule has 1 aliphatic heterocycles. The van der Waals surface area contributed by atoms with Gasteiger partial charge >= 0.3 is 0 Å². The second-order valence-corrected chi connectivity index (χ2v) is 7.80. The Kier molecular flexibility index (Phi) is 7.22. The standard InChI is InChI=1S/C24H29N3O3/c1-3-4-13-27-16-19(14-22(27)28)23(29)26-21-8-6-5-7-20(21)24(30)25-15-18-11-9-17(2)10-12-18/h5-12,19H,3-4,13-16H2,1-2H3,(H,25,30)(H,26,29)/t19-/m1/s1. The summed E-state index contributed by atoms with van der Waals surface area (Å²) in [4.78, 5) is 39.4. The van der Waals surface area contributed by atoms with Gasteiger partial charge in [-0.15, -0.1) is 0 Å². The molecular formula is C24H29N3O3. The van der Waals surface area contributed by atoms with Crippen molar-refractivity contribution in [3.05, 3.63) is 65.2 Å². The Labute approximate surface area is 177 Å². The van der Waals surface area contributed by atoms with Gasteiger partial charge in [-0.3, -0.25) is 14.4 Å². The predicted octanol–water partition coefficient (Wildman–Crippen LogP) is 3.51. The Bertz CT molecular complexity index is 908. The van der Waals surface area contributed by atoms with E-state index in [0.717, 1.165) is 24.0 Å². The largest absolute Gasteiger partial charge is 0.348 e. The Morgan fingerprint density at radius 2 is 1.83 bits per heavy atom. The maximum absolute atomic E-state index is 12.7. The fraction of sp³-hybridized carbons (Fsp3) is 0.375. The predicted molar refractivity (Wildman–Crippen MR) is 117 cm³/mol. The van der Waals surface area contributed by atoms with Crippen LogP contribution in [0.5, 0.6) is 0 Å². The SMILES string of the molecule is CCCCN1C[C@H](C(=O)Nc2ccccc2C(=O)NCc2ccc(C)cc2)CC1=O. The van der Waals surface area contributed by atoms with E-state index in [4.69, 9.17) is 0 Å². The second-order valence-electron chi connectivity index (χ2n) is 7.80. The third-order valence-electron chi connectivity index (χ3n) is 5.37. The van der Waals surface area contributed by atoms with Crippen LogP contribution in [0, 0.1) is 12.8 Å². The zero-order valence-corrected chi connectivity index (χ0v) is 17.6. The van der Waals surface area contributed by atoms with Gasteiger partial charge in [-0.25, -0.2) is 0 Å². The first kappa shape index (κ1) is 21.6. The van der Waals surface area contributed by atoms with Crippen molar-refractivity contribution in [2.75, 3.05) is 18.4 Å². The molecule has 2 aromatic rings. The number of rotatable bonds is 8. The second kappa shape index (κ2) is 10.1. The summed E-state index contributed by atoms with van der Waals surface area (Å²) >= 11 is 0. The molecule has 3 rings (SSSR count). The van der Waals surface area contributed by atoms with E-state index in [1.54, 1.807) is 29.2 Å². The highest BCUT2D eigenvalue weighted by molar-refractivity contribution is 6.05. The van der Waals surface area contributed by atoms with Gasteiger partial charge in [0.1, 0.15) is 0 Å². The van der Waals surface area contributed by atoms with Crippen LogP contribution in [0.2, 0.25) is 0 Å². The van der Waals surface area contributed by atoms with Gasteiger partial charge in [0.15, 0.2) is 0 Å². The Morgan fingerprint density at radius 3 is 2.57 bits per heavy atom. The first-order chi connectivity index (χ1) is 14.5. The topological polar surface area (TPSA) is 78.5 Å². The van der Waals surface area contributed by atoms with Gasteiger partial charge in [0, 0.05) is 26.1 Å². The van der Waals surface area contributed by atoms with Crippen molar-refractivity contribution in [2.45, 2.75) is 39.7 Å². The molecule has 1 fully saturated rings. The van der Waals surface area contributed by atoms with Crippen LogP contribution < -0.4 is 10.6 Å². The molecule has 1 aliphatic rings. The van der Waals surface area contributed by atoms with Crippen LogP contribution in [0.15, 0.2) is 48.5 Å². The van der Waals surface area contributed by atoms with E-state index < -0.39 is 5.92 Å². The molecule has 6 heteroatoms. The number of anilines is 1. The maximum Gasteiger partial charge on any atom is 0.253 e. The zero-order valence-electron chi connectivity index (χ0n) is 17.6. The zero-order chi connectivity index (χ0) is 21.5. The van der Waals surface area contributed by atoms with Crippen molar-refractivity contribution >= 4 is 23.4 Å². The molecule has 30 heavy (non-hydrogen) atoms. The van der Waals surface area contributed by atoms with E-state index in [2.05, 4.69) is 17.6 Å². The van der Waals surface area contributed by atoms with Gasteiger partial charge < -0.3 is 15.5 Å². The number of unbranched alkanes of at least 4 members (excludes halogenated alkanes) is 1. The van der Waals surface area contributed by atoms with E-state index in [1.807, 2.05) is 31.2 Å². The quantitative estimate of drug-likeness (QED) is 0.703. The van der Waals surface area contributed by atoms with Crippen molar-refractivity contribution in [3.63, 3.8) is 0 Å². The highest BCUT2D eigenvalue weighted by Crippen LogP contribution is 2.22. The van der Waals surface area contributed by atoms with Crippen molar-refractivity contribution in [1.29, 1.82) is 0 Å². The van der Waals surface area contributed by atoms with Crippen molar-refractivity contribution in [1.82, 2.24) is 10.2 Å². The first-order valence-corrected chi connectivity index (χ1v) is 10.5. The number of benzene rings is 2. The van der Waals surface area contributed by atoms with E-state index >= 15 is 0 Å². The van der Waals surface area contributed by atoms with Gasteiger partial charge in [-0.1, -0.05) is 55.3 Å². The summed E-state index contributed by atoms with van der Waals surface area (Å²) in [7, 11) is 0. The van der Waals surface area contributed by atoms with Gasteiger partial charge in [0.25, 0.3) is 5.91 Å². The van der Waals surface area contributed by atoms with Crippen LogP contribution >= 0.6 is 0 Å². The third-order valence-corrected chi connectivity index (χ3v) is 5.37. The minimum atomic E-state index is -0.391. The lowest BCUT2D eigenvalue weighted by Gasteiger charge is -2.16. The molecule has 0 saturated carbocycles. The molecule has 0 aromatic heterocycles. The number of hydrogen-bond acceptors (Lipinski definition) is 3. The smallest absolute Gasteiger partial charge is 0.253 e. The number of nitrogens with zero attached hydrogens (tertiary/aromatic N) is 1. The number of carbonyl (C=O) groups excluding carboxylic acids is 3. The molecule has 0 unspecified atom stereocenters. The van der Waals surface area contributed by atoms with Crippen molar-refractivity contribution < 1.29 is 14.4 Å². The number of likely N-dealkylation sites (tertiary alicyclic amines) is 1. The molecule has 2 N–H and O–H groups in total. The highest BCUT2D eigenvalue weighted by atomic mass is 16.2. The molecule has 2 aromatic carbocycles. The number of nitrogens with one attached hydrogen (secondary N) is 2. The maximum atomic E-state index is 12.7. The average molecular weight is 408 g/mol. The number of aryl methyl sites for hydroxylation is 1. The fourth-order valence-electron chi connectivity index (χ4n) is 3.52. The normalized spacial score (nSPS) is 15.9. The summed E-state index contributed by atoms with van der Waals surface area (Å²) < 4.78 is 0. The van der Waals surface area contributed by atoms with Gasteiger partial charge in [0.05, 0.1) is 17.2 Å².